The van der Waals surface area contributed by atoms with E-state index in [1.54, 1.807) is 19.3 Å². The lowest BCUT2D eigenvalue weighted by atomic mass is 9.93. The van der Waals surface area contributed by atoms with Gasteiger partial charge in [0.15, 0.2) is 6.20 Å². The molecule has 0 aliphatic rings. The Morgan fingerprint density at radius 2 is 1.26 bits per heavy atom. The van der Waals surface area contributed by atoms with Gasteiger partial charge >= 0.3 is 5.95 Å². The van der Waals surface area contributed by atoms with Crippen LogP contribution in [0, 0.1) is 5.95 Å². The van der Waals surface area contributed by atoms with Gasteiger partial charge in [0.1, 0.15) is 7.05 Å². The molecule has 0 fully saturated rings. The predicted octanol–water partition coefficient (Wildman–Crippen LogP) is 6.60. The van der Waals surface area contributed by atoms with Crippen molar-refractivity contribution in [3.63, 3.8) is 0 Å². The molecule has 0 saturated carbocycles. The second-order valence-corrected chi connectivity index (χ2v) is 5.94. The highest BCUT2D eigenvalue weighted by Gasteiger charge is 2.11. The number of rotatable bonds is 2. The fourth-order valence-corrected chi connectivity index (χ4v) is 3.19. The van der Waals surface area contributed by atoms with E-state index in [1.807, 2.05) is 33.8 Å². The molecular weight excluding hydrogens is 333 g/mol. The van der Waals surface area contributed by atoms with E-state index in [0.717, 1.165) is 12.0 Å². The monoisotopic (exact) mass is 362 g/mol. The Morgan fingerprint density at radius 3 is 1.78 bits per heavy atom. The molecule has 0 aliphatic heterocycles. The molecule has 1 aromatic heterocycles. The number of benzene rings is 3. The number of hydrogen-bond acceptors (Lipinski definition) is 0. The number of hydrogen-bond donors (Lipinski definition) is 0. The lowest BCUT2D eigenvalue weighted by Gasteiger charge is -2.11. The van der Waals surface area contributed by atoms with Crippen LogP contribution in [0.15, 0.2) is 72.9 Å². The molecule has 0 bridgehead atoms. The quantitative estimate of drug-likeness (QED) is 0.215. The van der Waals surface area contributed by atoms with E-state index in [4.69, 9.17) is 0 Å². The molecule has 0 spiro atoms. The second kappa shape index (κ2) is 9.82. The van der Waals surface area contributed by atoms with Crippen molar-refractivity contribution >= 4 is 21.5 Å². The molecule has 1 nitrogen and oxygen atoms in total. The standard InChI is InChI=1S/C21H17FN.2C2H6/c1-23-11-10-15(13-21(23)22)12-20-18-8-4-2-6-16(18)14-17-7-3-5-9-19(17)20;2*1-2/h2-11,13-14H,12H2,1H3;2*1-2H3/q+1;;. The Labute approximate surface area is 162 Å². The molecule has 3 aromatic carbocycles. The van der Waals surface area contributed by atoms with E-state index in [2.05, 4.69) is 54.6 Å². The van der Waals surface area contributed by atoms with E-state index < -0.39 is 0 Å². The van der Waals surface area contributed by atoms with Crippen molar-refractivity contribution in [1.82, 2.24) is 0 Å². The van der Waals surface area contributed by atoms with Crippen molar-refractivity contribution in [1.29, 1.82) is 0 Å². The zero-order valence-electron chi connectivity index (χ0n) is 17.0. The lowest BCUT2D eigenvalue weighted by Crippen LogP contribution is -2.32. The molecule has 4 aromatic rings. The van der Waals surface area contributed by atoms with Crippen LogP contribution in [0.4, 0.5) is 4.39 Å². The fourth-order valence-electron chi connectivity index (χ4n) is 3.19. The number of pyridine rings is 1. The van der Waals surface area contributed by atoms with Crippen LogP contribution < -0.4 is 4.57 Å². The highest BCUT2D eigenvalue weighted by molar-refractivity contribution is 6.02. The second-order valence-electron chi connectivity index (χ2n) is 5.94. The summed E-state index contributed by atoms with van der Waals surface area (Å²) in [6.07, 6.45) is 2.50. The molecule has 1 heterocycles. The third kappa shape index (κ3) is 4.51. The summed E-state index contributed by atoms with van der Waals surface area (Å²) in [7, 11) is 1.71. The van der Waals surface area contributed by atoms with Gasteiger partial charge < -0.3 is 0 Å². The lowest BCUT2D eigenvalue weighted by molar-refractivity contribution is -0.700. The van der Waals surface area contributed by atoms with Gasteiger partial charge in [-0.3, -0.25) is 0 Å². The summed E-state index contributed by atoms with van der Waals surface area (Å²) < 4.78 is 15.4. The summed E-state index contributed by atoms with van der Waals surface area (Å²) >= 11 is 0. The largest absolute Gasteiger partial charge is 0.359 e. The molecular formula is C25H29FN+. The van der Waals surface area contributed by atoms with Crippen LogP contribution in [0.1, 0.15) is 38.8 Å². The summed E-state index contributed by atoms with van der Waals surface area (Å²) in [5, 5.41) is 4.92. The fraction of sp³-hybridized carbons (Fsp3) is 0.240. The minimum atomic E-state index is -0.216. The topological polar surface area (TPSA) is 3.88 Å². The SMILES string of the molecule is CC.CC.C[n+]1ccc(Cc2c3ccccc3cc3ccccc23)cc1F. The maximum atomic E-state index is 13.9. The first-order valence-electron chi connectivity index (χ1n) is 9.76. The van der Waals surface area contributed by atoms with Crippen molar-refractivity contribution in [2.24, 2.45) is 7.05 Å². The van der Waals surface area contributed by atoms with Gasteiger partial charge in [-0.2, -0.15) is 4.57 Å². The Balaban J connectivity index is 0.000000614. The van der Waals surface area contributed by atoms with Gasteiger partial charge in [0.2, 0.25) is 0 Å². The smallest absolute Gasteiger partial charge is 0.176 e. The molecule has 2 heteroatoms. The molecule has 0 amide bonds. The molecule has 0 radical (unpaired) electrons. The van der Waals surface area contributed by atoms with E-state index in [9.17, 15) is 4.39 Å². The van der Waals surface area contributed by atoms with Crippen molar-refractivity contribution in [3.05, 3.63) is 90.0 Å². The molecule has 0 N–H and O–H groups in total. The first kappa shape index (κ1) is 20.6. The predicted molar refractivity (Wildman–Crippen MR) is 115 cm³/mol. The van der Waals surface area contributed by atoms with Crippen LogP contribution in [-0.4, -0.2) is 0 Å². The maximum Gasteiger partial charge on any atom is 0.359 e. The average Bonchev–Trinajstić information content (AvgIpc) is 2.73. The van der Waals surface area contributed by atoms with Gasteiger partial charge in [-0.15, -0.1) is 4.39 Å². The van der Waals surface area contributed by atoms with Crippen LogP contribution in [0.2, 0.25) is 0 Å². The Bertz CT molecular complexity index is 967. The maximum absolute atomic E-state index is 13.9. The molecule has 0 unspecified atom stereocenters. The third-order valence-corrected chi connectivity index (χ3v) is 4.42. The number of halogens is 1. The number of aryl methyl sites for hydroxylation is 1. The number of nitrogens with zero attached hydrogens (tertiary/aromatic N) is 1. The summed E-state index contributed by atoms with van der Waals surface area (Å²) in [6.45, 7) is 8.00. The van der Waals surface area contributed by atoms with Crippen LogP contribution in [0.5, 0.6) is 0 Å². The number of fused-ring (bicyclic) bond motifs is 2. The van der Waals surface area contributed by atoms with E-state index in [0.29, 0.717) is 0 Å². The first-order valence-corrected chi connectivity index (χ1v) is 9.76. The minimum absolute atomic E-state index is 0.216. The van der Waals surface area contributed by atoms with E-state index >= 15 is 0 Å². The van der Waals surface area contributed by atoms with Gasteiger partial charge in [-0.1, -0.05) is 76.2 Å². The summed E-state index contributed by atoms with van der Waals surface area (Å²) in [4.78, 5) is 0. The highest BCUT2D eigenvalue weighted by Crippen LogP contribution is 2.30. The molecule has 0 saturated heterocycles. The summed E-state index contributed by atoms with van der Waals surface area (Å²) in [6, 6.07) is 22.6. The zero-order chi connectivity index (χ0) is 19.8. The van der Waals surface area contributed by atoms with E-state index in [-0.39, 0.29) is 5.95 Å². The number of aromatic nitrogens is 1. The molecule has 140 valence electrons. The highest BCUT2D eigenvalue weighted by atomic mass is 19.1. The average molecular weight is 363 g/mol. The van der Waals surface area contributed by atoms with Gasteiger partial charge in [-0.05, 0) is 45.2 Å². The first-order chi connectivity index (χ1) is 13.2. The normalized spacial score (nSPS) is 10.0. The van der Waals surface area contributed by atoms with Crippen LogP contribution in [-0.2, 0) is 13.5 Å². The van der Waals surface area contributed by atoms with Crippen LogP contribution in [0.25, 0.3) is 21.5 Å². The van der Waals surface area contributed by atoms with Gasteiger partial charge in [0.25, 0.3) is 0 Å². The van der Waals surface area contributed by atoms with Crippen LogP contribution in [0.3, 0.4) is 0 Å². The Kier molecular flexibility index (Phi) is 7.48. The molecule has 0 aliphatic carbocycles. The van der Waals surface area contributed by atoms with Crippen molar-refractivity contribution in [2.75, 3.05) is 0 Å². The van der Waals surface area contributed by atoms with Gasteiger partial charge in [0.05, 0.1) is 0 Å². The van der Waals surface area contributed by atoms with Crippen molar-refractivity contribution in [2.45, 2.75) is 34.1 Å². The van der Waals surface area contributed by atoms with Gasteiger partial charge in [0, 0.05) is 12.1 Å². The zero-order valence-corrected chi connectivity index (χ0v) is 17.0. The Hall–Kier alpha value is -2.74. The summed E-state index contributed by atoms with van der Waals surface area (Å²) in [5.74, 6) is -0.216. The van der Waals surface area contributed by atoms with Crippen LogP contribution >= 0.6 is 0 Å². The summed E-state index contributed by atoms with van der Waals surface area (Å²) in [5.41, 5.74) is 2.24. The minimum Gasteiger partial charge on any atom is -0.176 e. The molecule has 4 rings (SSSR count). The molecule has 0 atom stereocenters. The van der Waals surface area contributed by atoms with Crippen molar-refractivity contribution in [3.8, 4) is 0 Å². The molecule has 27 heavy (non-hydrogen) atoms. The third-order valence-electron chi connectivity index (χ3n) is 4.42. The van der Waals surface area contributed by atoms with Crippen molar-refractivity contribution < 1.29 is 8.96 Å². The van der Waals surface area contributed by atoms with E-state index in [1.165, 1.54) is 31.7 Å². The Morgan fingerprint density at radius 1 is 0.741 bits per heavy atom. The van der Waals surface area contributed by atoms with Gasteiger partial charge in [-0.25, -0.2) is 0 Å².